The lowest BCUT2D eigenvalue weighted by Crippen LogP contribution is -2.17. The molecule has 0 bridgehead atoms. The molecule has 0 spiro atoms. The highest BCUT2D eigenvalue weighted by atomic mass is 35.5. The number of pyridine rings is 2. The molecule has 0 fully saturated rings. The van der Waals surface area contributed by atoms with Crippen LogP contribution in [-0.2, 0) is 0 Å². The van der Waals surface area contributed by atoms with E-state index < -0.39 is 57.2 Å². The third-order valence-electron chi connectivity index (χ3n) is 6.58. The van der Waals surface area contributed by atoms with E-state index in [4.69, 9.17) is 49.4 Å². The molecule has 6 rings (SSSR count). The van der Waals surface area contributed by atoms with Gasteiger partial charge in [0.1, 0.15) is 80.6 Å². The normalized spacial score (nSPS) is 10.2. The topological polar surface area (TPSA) is 150 Å². The van der Waals surface area contributed by atoms with Gasteiger partial charge >= 0.3 is 0 Å². The maximum atomic E-state index is 13.6. The Morgan fingerprint density at radius 3 is 1.43 bits per heavy atom. The Hall–Kier alpha value is -5.45. The second kappa shape index (κ2) is 19.6. The Morgan fingerprint density at radius 2 is 1.09 bits per heavy atom. The van der Waals surface area contributed by atoms with Crippen molar-refractivity contribution in [1.82, 2.24) is 19.9 Å². The van der Waals surface area contributed by atoms with Crippen LogP contribution in [0.15, 0.2) is 69.8 Å². The number of amides is 1. The number of carbonyl (C=O) groups excluding carboxylic acids is 2. The Kier molecular flexibility index (Phi) is 15.6. The average Bonchev–Trinajstić information content (AvgIpc) is 3.59. The minimum atomic E-state index is -1.30. The lowest BCUT2D eigenvalue weighted by atomic mass is 10.1. The highest BCUT2D eigenvalue weighted by Crippen LogP contribution is 2.25. The fourth-order valence-corrected chi connectivity index (χ4v) is 4.60. The van der Waals surface area contributed by atoms with Crippen LogP contribution in [0.1, 0.15) is 44.0 Å². The van der Waals surface area contributed by atoms with Crippen molar-refractivity contribution in [3.63, 3.8) is 0 Å². The van der Waals surface area contributed by atoms with E-state index in [0.717, 1.165) is 17.0 Å². The number of nitrogens with zero attached hydrogens (tertiary/aromatic N) is 4. The van der Waals surface area contributed by atoms with Crippen molar-refractivity contribution in [2.45, 2.75) is 27.7 Å². The van der Waals surface area contributed by atoms with Gasteiger partial charge in [-0.2, -0.15) is 0 Å². The number of nitrogen functional groups attached to an aromatic ring is 1. The van der Waals surface area contributed by atoms with Gasteiger partial charge in [-0.15, -0.1) is 23.2 Å². The first-order valence-corrected chi connectivity index (χ1v) is 16.4. The quantitative estimate of drug-likeness (QED) is 0.0985. The summed E-state index contributed by atoms with van der Waals surface area (Å²) in [5, 5.41) is 1.17. The number of hydrogen-bond acceptors (Lipinski definition) is 9. The van der Waals surface area contributed by atoms with Gasteiger partial charge in [0, 0.05) is 61.6 Å². The zero-order valence-electron chi connectivity index (χ0n) is 28.4. The number of nitrogens with one attached hydrogen (secondary N) is 1. The van der Waals surface area contributed by atoms with Crippen molar-refractivity contribution in [2.75, 3.05) is 16.4 Å². The van der Waals surface area contributed by atoms with Gasteiger partial charge in [-0.1, -0.05) is 0 Å². The molecule has 0 aliphatic heterocycles. The molecule has 0 aliphatic carbocycles. The number of alkyl halides is 2. The number of benzene rings is 2. The fourth-order valence-electron chi connectivity index (χ4n) is 4.41. The highest BCUT2D eigenvalue weighted by Gasteiger charge is 2.20. The largest absolute Gasteiger partial charge is 0.446 e. The minimum Gasteiger partial charge on any atom is -0.446 e. The van der Waals surface area contributed by atoms with E-state index in [9.17, 15) is 35.9 Å². The zero-order valence-corrected chi connectivity index (χ0v) is 30.6. The summed E-state index contributed by atoms with van der Waals surface area (Å²) in [6.07, 6.45) is 3.14. The molecule has 6 aromatic rings. The molecule has 0 atom stereocenters. The summed E-state index contributed by atoms with van der Waals surface area (Å²) in [5.74, 6) is -5.27. The van der Waals surface area contributed by atoms with Crippen LogP contribution >= 0.6 is 34.8 Å². The standard InChI is InChI=1S/C17H12F3N3O2.C10H11N3O.C7H2ClF3O.CH2Cl2/c1-8-16(22-9(2)25-8)10-3-4-14(21-7-10)23-17(24)15-12(19)5-11(18)6-13(15)20;1-6-10(13-7(2)14-6)8-3-4-9(11)12-5-8;8-7(12)6-4(10)1-3(9)2-5(6)11;2-1-3/h3-7H,1-2H3,(H,21,23,24);3-5H,1-2H3,(H2,11,12);1-2H;1H2. The number of carbonyl (C=O) groups is 2. The van der Waals surface area contributed by atoms with Crippen molar-refractivity contribution in [3.05, 3.63) is 130 Å². The lowest BCUT2D eigenvalue weighted by Gasteiger charge is -2.07. The summed E-state index contributed by atoms with van der Waals surface area (Å²) in [4.78, 5) is 38.9. The number of hydrogen-bond donors (Lipinski definition) is 2. The van der Waals surface area contributed by atoms with Crippen LogP contribution in [0.2, 0.25) is 0 Å². The van der Waals surface area contributed by atoms with Crippen LogP contribution in [0, 0.1) is 62.6 Å². The van der Waals surface area contributed by atoms with Crippen LogP contribution in [0.5, 0.6) is 0 Å². The summed E-state index contributed by atoms with van der Waals surface area (Å²) in [5.41, 5.74) is 6.70. The molecule has 0 saturated heterocycles. The maximum absolute atomic E-state index is 13.6. The number of rotatable bonds is 5. The number of aromatic nitrogens is 4. The van der Waals surface area contributed by atoms with Gasteiger partial charge < -0.3 is 19.9 Å². The molecule has 2 aromatic carbocycles. The Morgan fingerprint density at radius 1 is 0.685 bits per heavy atom. The molecule has 284 valence electrons. The monoisotopic (exact) mass is 814 g/mol. The third-order valence-corrected chi connectivity index (χ3v) is 6.77. The second-order valence-electron chi connectivity index (χ2n) is 10.5. The number of oxazole rings is 2. The summed E-state index contributed by atoms with van der Waals surface area (Å²) >= 11 is 14.4. The number of halogens is 9. The molecular weight excluding hydrogens is 789 g/mol. The van der Waals surface area contributed by atoms with E-state index in [1.165, 1.54) is 12.3 Å². The predicted molar refractivity (Wildman–Crippen MR) is 190 cm³/mol. The van der Waals surface area contributed by atoms with Crippen LogP contribution in [0.3, 0.4) is 0 Å². The van der Waals surface area contributed by atoms with Gasteiger partial charge in [-0.25, -0.2) is 46.3 Å². The van der Waals surface area contributed by atoms with Crippen LogP contribution in [0.4, 0.5) is 38.0 Å². The molecule has 0 saturated carbocycles. The van der Waals surface area contributed by atoms with Gasteiger partial charge in [0.2, 0.25) is 0 Å². The van der Waals surface area contributed by atoms with Crippen LogP contribution in [0.25, 0.3) is 22.5 Å². The molecule has 1 amide bonds. The molecule has 54 heavy (non-hydrogen) atoms. The predicted octanol–water partition coefficient (Wildman–Crippen LogP) is 9.86. The van der Waals surface area contributed by atoms with Gasteiger partial charge in [0.25, 0.3) is 11.1 Å². The van der Waals surface area contributed by atoms with E-state index in [2.05, 4.69) is 25.3 Å². The average molecular weight is 816 g/mol. The first-order chi connectivity index (χ1) is 25.4. The summed E-state index contributed by atoms with van der Waals surface area (Å²) in [6, 6.07) is 8.36. The van der Waals surface area contributed by atoms with Gasteiger partial charge in [0.15, 0.2) is 11.8 Å². The van der Waals surface area contributed by atoms with Crippen LogP contribution in [-0.4, -0.2) is 36.4 Å². The minimum absolute atomic E-state index is 0.0785. The highest BCUT2D eigenvalue weighted by molar-refractivity contribution is 6.67. The Labute approximate surface area is 318 Å². The van der Waals surface area contributed by atoms with E-state index in [1.54, 1.807) is 32.2 Å². The summed E-state index contributed by atoms with van der Waals surface area (Å²) in [6.45, 7) is 7.17. The molecule has 3 N–H and O–H groups in total. The second-order valence-corrected chi connectivity index (χ2v) is 11.6. The van der Waals surface area contributed by atoms with Gasteiger partial charge in [-0.3, -0.25) is 9.59 Å². The van der Waals surface area contributed by atoms with Gasteiger partial charge in [-0.05, 0) is 49.7 Å². The molecule has 0 unspecified atom stereocenters. The molecule has 0 aliphatic rings. The number of anilines is 2. The maximum Gasteiger partial charge on any atom is 0.262 e. The molecule has 10 nitrogen and oxygen atoms in total. The zero-order chi connectivity index (χ0) is 40.3. The van der Waals surface area contributed by atoms with Crippen molar-refractivity contribution in [2.24, 2.45) is 0 Å². The van der Waals surface area contributed by atoms with Crippen molar-refractivity contribution < 1.29 is 44.8 Å². The van der Waals surface area contributed by atoms with Crippen molar-refractivity contribution in [3.8, 4) is 22.5 Å². The summed E-state index contributed by atoms with van der Waals surface area (Å²) in [7, 11) is 0. The van der Waals surface area contributed by atoms with E-state index in [0.29, 0.717) is 58.9 Å². The Balaban J connectivity index is 0.000000228. The smallest absolute Gasteiger partial charge is 0.262 e. The Bertz CT molecular complexity index is 2190. The van der Waals surface area contributed by atoms with Gasteiger partial charge in [0.05, 0.1) is 5.34 Å². The molecule has 4 heterocycles. The SMILES string of the molecule is Cc1nc(-c2ccc(N)nc2)c(C)o1.Cc1nc(-c2ccc(NC(=O)c3c(F)cc(F)cc3F)nc2)c(C)o1.ClCCl.O=C(Cl)c1c(F)cc(F)cc1F. The number of aryl methyl sites for hydroxylation is 4. The molecule has 19 heteroatoms. The van der Waals surface area contributed by atoms with Crippen molar-refractivity contribution >= 4 is 57.6 Å². The first kappa shape index (κ1) is 43.0. The van der Waals surface area contributed by atoms with E-state index >= 15 is 0 Å². The van der Waals surface area contributed by atoms with Crippen LogP contribution < -0.4 is 11.1 Å². The van der Waals surface area contributed by atoms with E-state index in [1.807, 2.05) is 19.9 Å². The lowest BCUT2D eigenvalue weighted by molar-refractivity contribution is 0.101. The first-order valence-electron chi connectivity index (χ1n) is 14.9. The van der Waals surface area contributed by atoms with Crippen molar-refractivity contribution in [1.29, 1.82) is 0 Å². The van der Waals surface area contributed by atoms with E-state index in [-0.39, 0.29) is 11.2 Å². The molecule has 4 aromatic heterocycles. The summed E-state index contributed by atoms with van der Waals surface area (Å²) < 4.78 is 88.2. The third kappa shape index (κ3) is 11.8. The molecular formula is C35H27Cl3F6N6O4. The number of nitrogens with two attached hydrogens (primary N) is 1. The molecule has 0 radical (unpaired) electrons. The fraction of sp³-hybridized carbons (Fsp3) is 0.143.